The van der Waals surface area contributed by atoms with E-state index in [9.17, 15) is 23.8 Å². The molecule has 14 nitrogen and oxygen atoms in total. The van der Waals surface area contributed by atoms with E-state index in [2.05, 4.69) is 29.1 Å². The molecule has 3 fully saturated rings. The van der Waals surface area contributed by atoms with E-state index in [0.29, 0.717) is 41.2 Å². The monoisotopic (exact) mass is 850 g/mol. The highest BCUT2D eigenvalue weighted by molar-refractivity contribution is 7.60. The number of methoxy groups -OCH3 is 1. The molecule has 2 saturated carbocycles. The molecule has 2 unspecified atom stereocenters. The Bertz CT molecular complexity index is 2100. The zero-order chi connectivity index (χ0) is 42.7. The molecule has 1 aliphatic heterocycles. The Hall–Kier alpha value is -4.46. The number of rotatable bonds is 17. The number of fused-ring (bicyclic) bond motifs is 1. The number of hydrogen-bond acceptors (Lipinski definition) is 11. The van der Waals surface area contributed by atoms with Crippen molar-refractivity contribution in [1.82, 2.24) is 25.5 Å². The van der Waals surface area contributed by atoms with Gasteiger partial charge in [0.05, 0.1) is 24.9 Å². The number of likely N-dealkylation sites (tertiary alicyclic amines) is 1. The number of nitrogens with one attached hydrogen (secondary N) is 3. The van der Waals surface area contributed by atoms with Crippen LogP contribution >= 0.6 is 18.7 Å². The summed E-state index contributed by atoms with van der Waals surface area (Å²) in [6.45, 7) is 17.3. The Balaban J connectivity index is 1.31. The van der Waals surface area contributed by atoms with E-state index in [1.807, 2.05) is 64.3 Å². The second kappa shape index (κ2) is 18.0. The molecule has 16 heteroatoms. The molecule has 3 amide bonds. The van der Waals surface area contributed by atoms with Gasteiger partial charge in [-0.15, -0.1) is 24.5 Å². The van der Waals surface area contributed by atoms with Gasteiger partial charge in [-0.1, -0.05) is 32.9 Å². The number of carbonyl (C=O) groups is 3. The van der Waals surface area contributed by atoms with E-state index in [1.165, 1.54) is 11.3 Å². The first kappa shape index (κ1) is 44.1. The fraction of sp³-hybridized carbons (Fsp3) is 0.558. The fourth-order valence-electron chi connectivity index (χ4n) is 8.12. The highest BCUT2D eigenvalue weighted by Gasteiger charge is 2.64. The van der Waals surface area contributed by atoms with Crippen LogP contribution < -0.4 is 25.4 Å². The zero-order valence-electron chi connectivity index (χ0n) is 35.0. The molecule has 6 atom stereocenters. The molecule has 2 aromatic heterocycles. The topological polar surface area (TPSA) is 181 Å². The Kier molecular flexibility index (Phi) is 13.5. The smallest absolute Gasteiger partial charge is 0.408 e. The summed E-state index contributed by atoms with van der Waals surface area (Å²) in [6.07, 6.45) is 5.97. The number of ether oxygens (including phenoxy) is 3. The summed E-state index contributed by atoms with van der Waals surface area (Å²) in [5.41, 5.74) is 1.15. The van der Waals surface area contributed by atoms with Gasteiger partial charge >= 0.3 is 6.09 Å². The van der Waals surface area contributed by atoms with Crippen molar-refractivity contribution < 1.29 is 38.1 Å². The van der Waals surface area contributed by atoms with Crippen LogP contribution in [0.4, 0.5) is 9.93 Å². The summed E-state index contributed by atoms with van der Waals surface area (Å²) in [7, 11) is -2.27. The maximum absolute atomic E-state index is 14.8. The summed E-state index contributed by atoms with van der Waals surface area (Å²) in [5, 5.41) is 11.2. The van der Waals surface area contributed by atoms with Crippen molar-refractivity contribution in [3.05, 3.63) is 55.0 Å². The lowest BCUT2D eigenvalue weighted by Gasteiger charge is -2.35. The lowest BCUT2D eigenvalue weighted by atomic mass is 9.85. The molecule has 1 saturated heterocycles. The normalized spacial score (nSPS) is 23.3. The van der Waals surface area contributed by atoms with Crippen molar-refractivity contribution in [2.24, 2.45) is 11.3 Å². The predicted octanol–water partition coefficient (Wildman–Crippen LogP) is 7.87. The van der Waals surface area contributed by atoms with Crippen LogP contribution in [-0.4, -0.2) is 93.1 Å². The van der Waals surface area contributed by atoms with Crippen molar-refractivity contribution in [2.75, 3.05) is 25.1 Å². The number of hydrogen-bond donors (Lipinski definition) is 4. The van der Waals surface area contributed by atoms with Crippen molar-refractivity contribution in [1.29, 1.82) is 0 Å². The maximum Gasteiger partial charge on any atom is 0.408 e. The van der Waals surface area contributed by atoms with Crippen LogP contribution in [0, 0.1) is 11.3 Å². The third kappa shape index (κ3) is 10.1. The van der Waals surface area contributed by atoms with Crippen LogP contribution in [0.2, 0.25) is 0 Å². The summed E-state index contributed by atoms with van der Waals surface area (Å²) >= 11 is 1.47. The largest absolute Gasteiger partial charge is 0.497 e. The zero-order valence-corrected chi connectivity index (χ0v) is 36.7. The summed E-state index contributed by atoms with van der Waals surface area (Å²) in [6, 6.07) is 5.89. The molecular weight excluding hydrogens is 792 g/mol. The van der Waals surface area contributed by atoms with Gasteiger partial charge in [0, 0.05) is 59.9 Å². The standard InChI is InChI=1S/C43H59N6O8PS/c1-9-11-18-58(53,54)43(23-27(43)10-2)48-37(50)20-28-19-31(24-49(28)39(51)38(42(5,6)7)47-41(52)57-29-14-12-13-15-29)56-36-22-34(35-25-59-40(46-35)44-26(3)4)45-33-21-30(55-8)16-17-32(33)36/h9-10,16-17,21-22,25-29,31,38H,1-2,11-15,18-20,23-24H2,3-8H3,(H,44,46)(H,47,52)(H,48,50)(H,53,54)/t27-,28?,31-,38-,43+/m1/s1. The Labute approximate surface area is 351 Å². The molecule has 0 bridgehead atoms. The Morgan fingerprint density at radius 3 is 2.51 bits per heavy atom. The van der Waals surface area contributed by atoms with Gasteiger partial charge in [0.2, 0.25) is 19.2 Å². The number of amides is 3. The Morgan fingerprint density at radius 2 is 1.86 bits per heavy atom. The van der Waals surface area contributed by atoms with E-state index < -0.39 is 48.3 Å². The third-order valence-corrected chi connectivity index (χ3v) is 14.9. The molecule has 4 N–H and O–H groups in total. The van der Waals surface area contributed by atoms with Crippen LogP contribution in [0.3, 0.4) is 0 Å². The van der Waals surface area contributed by atoms with Crippen LogP contribution in [-0.2, 0) is 18.9 Å². The van der Waals surface area contributed by atoms with Gasteiger partial charge in [0.15, 0.2) is 5.13 Å². The van der Waals surface area contributed by atoms with E-state index in [0.717, 1.165) is 36.2 Å². The SMILES string of the molecule is C=CCCP(=O)(O)[C@@]1(NC(=O)CC2C[C@@H](Oc3cc(-c4csc(NC(C)C)n4)nc4cc(OC)ccc34)CN2C(=O)[C@@H](NC(=O)OC2CCCC2)C(C)(C)C)C[C@H]1C=C. The lowest BCUT2D eigenvalue weighted by molar-refractivity contribution is -0.138. The van der Waals surface area contributed by atoms with Crippen molar-refractivity contribution in [3.63, 3.8) is 0 Å². The van der Waals surface area contributed by atoms with Gasteiger partial charge in [-0.2, -0.15) is 0 Å². The first-order chi connectivity index (χ1) is 28.0. The van der Waals surface area contributed by atoms with Gasteiger partial charge < -0.3 is 40.0 Å². The number of nitrogens with zero attached hydrogens (tertiary/aromatic N) is 3. The summed E-state index contributed by atoms with van der Waals surface area (Å²) in [5.74, 6) is -0.0848. The summed E-state index contributed by atoms with van der Waals surface area (Å²) < 4.78 is 31.7. The van der Waals surface area contributed by atoms with Crippen molar-refractivity contribution in [3.8, 4) is 22.9 Å². The van der Waals surface area contributed by atoms with Crippen molar-refractivity contribution in [2.45, 2.75) is 122 Å². The molecule has 3 heterocycles. The number of thiazole rings is 1. The molecule has 0 radical (unpaired) electrons. The number of alkyl carbamates (subject to hydrolysis) is 1. The van der Waals surface area contributed by atoms with Crippen LogP contribution in [0.25, 0.3) is 22.3 Å². The number of allylic oxidation sites excluding steroid dienone is 1. The Morgan fingerprint density at radius 1 is 1.12 bits per heavy atom. The molecular formula is C43H59N6O8PS. The fourth-order valence-corrected chi connectivity index (χ4v) is 11.3. The molecule has 59 heavy (non-hydrogen) atoms. The van der Waals surface area contributed by atoms with Gasteiger partial charge in [-0.25, -0.2) is 14.8 Å². The third-order valence-electron chi connectivity index (χ3n) is 11.4. The minimum atomic E-state index is -3.86. The van der Waals surface area contributed by atoms with E-state index in [-0.39, 0.29) is 49.5 Å². The molecule has 320 valence electrons. The molecule has 1 aromatic carbocycles. The van der Waals surface area contributed by atoms with Gasteiger partial charge in [0.25, 0.3) is 0 Å². The van der Waals surface area contributed by atoms with E-state index >= 15 is 0 Å². The predicted molar refractivity (Wildman–Crippen MR) is 231 cm³/mol. The van der Waals surface area contributed by atoms with Gasteiger partial charge in [0.1, 0.15) is 40.7 Å². The second-order valence-electron chi connectivity index (χ2n) is 17.3. The lowest BCUT2D eigenvalue weighted by Crippen LogP contribution is -2.56. The highest BCUT2D eigenvalue weighted by atomic mass is 32.1. The van der Waals surface area contributed by atoms with E-state index in [4.69, 9.17) is 24.2 Å². The van der Waals surface area contributed by atoms with E-state index in [1.54, 1.807) is 24.2 Å². The second-order valence-corrected chi connectivity index (χ2v) is 20.8. The highest BCUT2D eigenvalue weighted by Crippen LogP contribution is 2.69. The van der Waals surface area contributed by atoms with Crippen molar-refractivity contribution >= 4 is 52.6 Å². The number of carbonyl (C=O) groups excluding carboxylic acids is 3. The van der Waals surface area contributed by atoms with Gasteiger partial charge in [-0.3, -0.25) is 14.2 Å². The minimum absolute atomic E-state index is 0.0227. The molecule has 3 aliphatic rings. The summed E-state index contributed by atoms with van der Waals surface area (Å²) in [4.78, 5) is 64.5. The first-order valence-electron chi connectivity index (χ1n) is 20.5. The molecule has 6 rings (SSSR count). The molecule has 0 spiro atoms. The number of anilines is 1. The first-order valence-corrected chi connectivity index (χ1v) is 23.2. The molecule has 2 aliphatic carbocycles. The maximum atomic E-state index is 14.8. The molecule has 3 aromatic rings. The van der Waals surface area contributed by atoms with Crippen LogP contribution in [0.15, 0.2) is 55.0 Å². The number of benzene rings is 1. The quantitative estimate of drug-likeness (QED) is 0.0767. The van der Waals surface area contributed by atoms with Crippen LogP contribution in [0.1, 0.15) is 86.0 Å². The average Bonchev–Trinajstić information content (AvgIpc) is 3.55. The number of aromatic nitrogens is 2. The van der Waals surface area contributed by atoms with Crippen LogP contribution in [0.5, 0.6) is 11.5 Å². The van der Waals surface area contributed by atoms with Gasteiger partial charge in [-0.05, 0) is 69.9 Å². The number of pyridine rings is 1. The minimum Gasteiger partial charge on any atom is -0.497 e. The average molecular weight is 851 g/mol.